The molecule has 2 amide bonds. The Morgan fingerprint density at radius 1 is 1.03 bits per heavy atom. The Labute approximate surface area is 179 Å². The number of hydroxylamine groups is 1. The van der Waals surface area contributed by atoms with Crippen molar-refractivity contribution in [1.82, 2.24) is 10.8 Å². The lowest BCUT2D eigenvalue weighted by atomic mass is 10.0. The molecule has 0 aliphatic heterocycles. The molecule has 0 fully saturated rings. The second-order valence-electron chi connectivity index (χ2n) is 6.77. The van der Waals surface area contributed by atoms with Crippen LogP contribution in [0.15, 0.2) is 30.3 Å². The van der Waals surface area contributed by atoms with Crippen molar-refractivity contribution >= 4 is 18.3 Å². The molecule has 0 unspecified atom stereocenters. The van der Waals surface area contributed by atoms with Gasteiger partial charge in [-0.3, -0.25) is 9.63 Å². The Kier molecular flexibility index (Phi) is 13.0. The average molecular weight is 442 g/mol. The molecule has 0 aliphatic carbocycles. The summed E-state index contributed by atoms with van der Waals surface area (Å²) in [5.41, 5.74) is 2.88. The van der Waals surface area contributed by atoms with Crippen LogP contribution in [0.25, 0.3) is 0 Å². The maximum absolute atomic E-state index is 11.7. The summed E-state index contributed by atoms with van der Waals surface area (Å²) in [7, 11) is 0. The van der Waals surface area contributed by atoms with Crippen molar-refractivity contribution in [2.45, 2.75) is 56.7 Å². The molecule has 31 heavy (non-hydrogen) atoms. The molecule has 0 radical (unpaired) electrons. The van der Waals surface area contributed by atoms with Gasteiger partial charge in [0.2, 0.25) is 5.91 Å². The number of alkyl carbamates (subject to hydrolysis) is 1. The zero-order valence-electron chi connectivity index (χ0n) is 17.1. The van der Waals surface area contributed by atoms with E-state index in [-0.39, 0.29) is 19.3 Å². The molecule has 4 atom stereocenters. The second kappa shape index (κ2) is 15.3. The number of carbonyl (C=O) groups excluding carboxylic acids is 3. The monoisotopic (exact) mass is 442 g/mol. The molecule has 1 aromatic carbocycles. The Bertz CT molecular complexity index is 659. The maximum Gasteiger partial charge on any atom is 0.407 e. The summed E-state index contributed by atoms with van der Waals surface area (Å²) in [6.07, 6.45) is -5.52. The molecule has 1 aromatic rings. The SMILES string of the molecule is O=C[C@H](ONC(=O)CCCCCNC(=O)OCc1ccccc1)[C@@H](O)[C@@H](O)[C@H](O)CO. The number of carbonyl (C=O) groups is 3. The molecule has 11 heteroatoms. The van der Waals surface area contributed by atoms with E-state index in [9.17, 15) is 29.7 Å². The van der Waals surface area contributed by atoms with E-state index in [2.05, 4.69) is 5.32 Å². The number of aliphatic hydroxyl groups is 4. The number of ether oxygens (including phenoxy) is 1. The van der Waals surface area contributed by atoms with E-state index in [4.69, 9.17) is 14.7 Å². The van der Waals surface area contributed by atoms with E-state index in [0.29, 0.717) is 25.8 Å². The number of hydrogen-bond donors (Lipinski definition) is 6. The Balaban J connectivity index is 2.11. The molecular weight excluding hydrogens is 412 g/mol. The van der Waals surface area contributed by atoms with Crippen molar-refractivity contribution in [1.29, 1.82) is 0 Å². The molecule has 0 aliphatic rings. The first-order valence-electron chi connectivity index (χ1n) is 9.88. The summed E-state index contributed by atoms with van der Waals surface area (Å²) in [5, 5.41) is 39.9. The van der Waals surface area contributed by atoms with Gasteiger partial charge in [0, 0.05) is 13.0 Å². The minimum Gasteiger partial charge on any atom is -0.445 e. The molecule has 11 nitrogen and oxygen atoms in total. The summed E-state index contributed by atoms with van der Waals surface area (Å²) >= 11 is 0. The first-order valence-corrected chi connectivity index (χ1v) is 9.88. The van der Waals surface area contributed by atoms with Crippen LogP contribution >= 0.6 is 0 Å². The van der Waals surface area contributed by atoms with E-state index in [1.54, 1.807) is 0 Å². The summed E-state index contributed by atoms with van der Waals surface area (Å²) in [6, 6.07) is 9.27. The highest BCUT2D eigenvalue weighted by molar-refractivity contribution is 5.74. The number of amides is 2. The molecule has 1 rings (SSSR count). The predicted octanol–water partition coefficient (Wildman–Crippen LogP) is -0.836. The van der Waals surface area contributed by atoms with Gasteiger partial charge >= 0.3 is 6.09 Å². The third-order valence-electron chi connectivity index (χ3n) is 4.27. The van der Waals surface area contributed by atoms with Crippen LogP contribution in [0, 0.1) is 0 Å². The maximum atomic E-state index is 11.7. The van der Waals surface area contributed by atoms with E-state index >= 15 is 0 Å². The molecule has 0 aromatic heterocycles. The van der Waals surface area contributed by atoms with Crippen LogP contribution in [0.3, 0.4) is 0 Å². The predicted molar refractivity (Wildman–Crippen MR) is 107 cm³/mol. The van der Waals surface area contributed by atoms with Gasteiger partial charge in [0.05, 0.1) is 6.61 Å². The highest BCUT2D eigenvalue weighted by Crippen LogP contribution is 2.07. The Morgan fingerprint density at radius 2 is 1.74 bits per heavy atom. The standard InChI is InChI=1S/C20H30N2O9/c23-11-15(25)18(27)19(28)16(12-24)31-22-17(26)9-5-2-6-10-21-20(29)30-13-14-7-3-1-4-8-14/h1,3-4,7-8,12,15-16,18-19,23,25,27-28H,2,5-6,9-11,13H2,(H,21,29)(H,22,26)/t15-,16+,18+,19-/m1/s1. The van der Waals surface area contributed by atoms with Crippen molar-refractivity contribution in [3.05, 3.63) is 35.9 Å². The molecule has 6 N–H and O–H groups in total. The zero-order valence-corrected chi connectivity index (χ0v) is 17.1. The fourth-order valence-corrected chi connectivity index (χ4v) is 2.44. The van der Waals surface area contributed by atoms with Crippen LogP contribution in [-0.2, 0) is 25.8 Å². The number of benzene rings is 1. The van der Waals surface area contributed by atoms with Gasteiger partial charge in [-0.25, -0.2) is 10.3 Å². The molecule has 0 bridgehead atoms. The van der Waals surface area contributed by atoms with Crippen LogP contribution < -0.4 is 10.8 Å². The average Bonchev–Trinajstić information content (AvgIpc) is 2.79. The lowest BCUT2D eigenvalue weighted by Crippen LogP contribution is -2.49. The van der Waals surface area contributed by atoms with Crippen LogP contribution in [-0.4, -0.2) is 76.3 Å². The third-order valence-corrected chi connectivity index (χ3v) is 4.27. The van der Waals surface area contributed by atoms with Gasteiger partial charge in [-0.15, -0.1) is 0 Å². The van der Waals surface area contributed by atoms with E-state index in [1.165, 1.54) is 0 Å². The summed E-state index contributed by atoms with van der Waals surface area (Å²) in [6.45, 7) is -0.259. The molecular formula is C20H30N2O9. The van der Waals surface area contributed by atoms with Crippen molar-refractivity contribution in [2.24, 2.45) is 0 Å². The van der Waals surface area contributed by atoms with Gasteiger partial charge in [-0.1, -0.05) is 36.8 Å². The van der Waals surface area contributed by atoms with Crippen molar-refractivity contribution < 1.29 is 44.4 Å². The smallest absolute Gasteiger partial charge is 0.407 e. The largest absolute Gasteiger partial charge is 0.445 e. The van der Waals surface area contributed by atoms with E-state index in [0.717, 1.165) is 5.56 Å². The van der Waals surface area contributed by atoms with Gasteiger partial charge in [0.1, 0.15) is 24.9 Å². The minimum absolute atomic E-state index is 0.0714. The molecule has 0 heterocycles. The number of nitrogens with one attached hydrogen (secondary N) is 2. The second-order valence-corrected chi connectivity index (χ2v) is 6.77. The number of rotatable bonds is 15. The van der Waals surface area contributed by atoms with Gasteiger partial charge in [-0.2, -0.15) is 0 Å². The van der Waals surface area contributed by atoms with E-state index in [1.807, 2.05) is 35.8 Å². The fourth-order valence-electron chi connectivity index (χ4n) is 2.44. The van der Waals surface area contributed by atoms with Crippen LogP contribution in [0.5, 0.6) is 0 Å². The highest BCUT2D eigenvalue weighted by atomic mass is 16.7. The lowest BCUT2D eigenvalue weighted by Gasteiger charge is -2.25. The lowest BCUT2D eigenvalue weighted by molar-refractivity contribution is -0.166. The fraction of sp³-hybridized carbons (Fsp3) is 0.550. The molecule has 0 saturated carbocycles. The molecule has 174 valence electrons. The highest BCUT2D eigenvalue weighted by Gasteiger charge is 2.32. The van der Waals surface area contributed by atoms with Crippen LogP contribution in [0.2, 0.25) is 0 Å². The summed E-state index contributed by atoms with van der Waals surface area (Å²) in [4.78, 5) is 39.0. The number of aliphatic hydroxyl groups excluding tert-OH is 4. The summed E-state index contributed by atoms with van der Waals surface area (Å²) < 4.78 is 5.07. The Morgan fingerprint density at radius 3 is 2.39 bits per heavy atom. The van der Waals surface area contributed by atoms with Gasteiger partial charge < -0.3 is 35.3 Å². The number of aldehydes is 1. The van der Waals surface area contributed by atoms with Crippen LogP contribution in [0.4, 0.5) is 4.79 Å². The molecule has 0 spiro atoms. The quantitative estimate of drug-likeness (QED) is 0.115. The topological polar surface area (TPSA) is 175 Å². The van der Waals surface area contributed by atoms with Gasteiger partial charge in [-0.05, 0) is 18.4 Å². The minimum atomic E-state index is -1.84. The third kappa shape index (κ3) is 10.9. The first-order chi connectivity index (χ1) is 14.9. The van der Waals surface area contributed by atoms with Gasteiger partial charge in [0.25, 0.3) is 0 Å². The van der Waals surface area contributed by atoms with Gasteiger partial charge in [0.15, 0.2) is 12.4 Å². The zero-order chi connectivity index (χ0) is 23.1. The Hall–Kier alpha value is -2.57. The first kappa shape index (κ1) is 26.5. The van der Waals surface area contributed by atoms with Crippen molar-refractivity contribution in [3.8, 4) is 0 Å². The molecule has 0 saturated heterocycles. The van der Waals surface area contributed by atoms with Crippen LogP contribution in [0.1, 0.15) is 31.2 Å². The van der Waals surface area contributed by atoms with Crippen molar-refractivity contribution in [2.75, 3.05) is 13.2 Å². The normalized spacial score (nSPS) is 14.7. The summed E-state index contributed by atoms with van der Waals surface area (Å²) in [5.74, 6) is -0.550. The number of hydrogen-bond acceptors (Lipinski definition) is 9. The number of unbranched alkanes of at least 4 members (excludes halogenated alkanes) is 2. The van der Waals surface area contributed by atoms with Crippen molar-refractivity contribution in [3.63, 3.8) is 0 Å². The van der Waals surface area contributed by atoms with E-state index < -0.39 is 43.0 Å².